The van der Waals surface area contributed by atoms with Crippen LogP contribution in [0.3, 0.4) is 0 Å². The smallest absolute Gasteiger partial charge is 0.0539 e. The number of rotatable bonds is 2. The first-order valence-corrected chi connectivity index (χ1v) is 9.22. The van der Waals surface area contributed by atoms with Gasteiger partial charge in [-0.05, 0) is 33.2 Å². The third-order valence-electron chi connectivity index (χ3n) is 5.11. The zero-order valence-corrected chi connectivity index (χ0v) is 14.9. The summed E-state index contributed by atoms with van der Waals surface area (Å²) in [5, 5.41) is 8.56. The van der Waals surface area contributed by atoms with Crippen LogP contribution in [0.4, 0.5) is 0 Å². The summed E-state index contributed by atoms with van der Waals surface area (Å²) in [6.45, 7) is 0. The van der Waals surface area contributed by atoms with E-state index in [0.717, 1.165) is 5.70 Å². The molecule has 1 nitrogen and oxygen atoms in total. The number of hydrogen-bond acceptors (Lipinski definition) is 1. The van der Waals surface area contributed by atoms with E-state index in [2.05, 4.69) is 102 Å². The van der Waals surface area contributed by atoms with Gasteiger partial charge in [0.15, 0.2) is 0 Å². The van der Waals surface area contributed by atoms with E-state index < -0.39 is 0 Å². The Labute approximate surface area is 159 Å². The van der Waals surface area contributed by atoms with Crippen molar-refractivity contribution in [3.63, 3.8) is 0 Å². The van der Waals surface area contributed by atoms with Crippen molar-refractivity contribution in [2.75, 3.05) is 0 Å². The molecule has 0 atom stereocenters. The molecule has 4 aromatic rings. The molecule has 4 aromatic carbocycles. The molecule has 0 bridgehead atoms. The maximum atomic E-state index is 3.54. The summed E-state index contributed by atoms with van der Waals surface area (Å²) in [5.74, 6) is 0. The highest BCUT2D eigenvalue weighted by molar-refractivity contribution is 6.08. The molecule has 1 aliphatic rings. The molecular weight excluding hydrogens is 326 g/mol. The molecule has 1 N–H and O–H groups in total. The van der Waals surface area contributed by atoms with Crippen LogP contribution in [0.15, 0.2) is 109 Å². The second-order valence-corrected chi connectivity index (χ2v) is 6.70. The number of benzene rings is 4. The molecule has 0 saturated carbocycles. The standard InChI is InChI=1S/C26H19N/c1-3-13-21-19(9-1)11-7-16-23(21)25-15-5-6-18-27-26(25)24-17-8-12-20-10-2-4-14-22(20)24/h1-18,27H. The van der Waals surface area contributed by atoms with Gasteiger partial charge in [0.1, 0.15) is 0 Å². The molecule has 1 aliphatic heterocycles. The van der Waals surface area contributed by atoms with Crippen LogP contribution in [0.2, 0.25) is 0 Å². The maximum absolute atomic E-state index is 3.54. The normalized spacial score (nSPS) is 13.8. The first-order chi connectivity index (χ1) is 13.4. The van der Waals surface area contributed by atoms with Crippen LogP contribution < -0.4 is 5.32 Å². The Morgan fingerprint density at radius 3 is 1.85 bits per heavy atom. The van der Waals surface area contributed by atoms with Crippen molar-refractivity contribution < 1.29 is 0 Å². The fourth-order valence-corrected chi connectivity index (χ4v) is 3.85. The molecule has 0 fully saturated rings. The van der Waals surface area contributed by atoms with Gasteiger partial charge in [0.25, 0.3) is 0 Å². The van der Waals surface area contributed by atoms with Gasteiger partial charge >= 0.3 is 0 Å². The quantitative estimate of drug-likeness (QED) is 0.435. The molecule has 1 heteroatoms. The van der Waals surface area contributed by atoms with Gasteiger partial charge < -0.3 is 5.32 Å². The van der Waals surface area contributed by atoms with E-state index in [9.17, 15) is 0 Å². The highest BCUT2D eigenvalue weighted by atomic mass is 14.9. The molecule has 5 rings (SSSR count). The summed E-state index contributed by atoms with van der Waals surface area (Å²) in [6, 6.07) is 30.1. The van der Waals surface area contributed by atoms with Crippen molar-refractivity contribution in [1.29, 1.82) is 0 Å². The van der Waals surface area contributed by atoms with Crippen LogP contribution in [-0.2, 0) is 0 Å². The number of nitrogens with one attached hydrogen (secondary N) is 1. The molecule has 27 heavy (non-hydrogen) atoms. The van der Waals surface area contributed by atoms with Crippen LogP contribution in [0.5, 0.6) is 0 Å². The summed E-state index contributed by atoms with van der Waals surface area (Å²) < 4.78 is 0. The van der Waals surface area contributed by atoms with Gasteiger partial charge in [-0.3, -0.25) is 0 Å². The lowest BCUT2D eigenvalue weighted by Crippen LogP contribution is -2.06. The minimum atomic E-state index is 1.13. The Kier molecular flexibility index (Phi) is 3.84. The molecule has 0 amide bonds. The van der Waals surface area contributed by atoms with Gasteiger partial charge in [0.05, 0.1) is 5.70 Å². The molecule has 0 aromatic heterocycles. The Hall–Kier alpha value is -3.58. The van der Waals surface area contributed by atoms with E-state index >= 15 is 0 Å². The molecule has 0 saturated heterocycles. The van der Waals surface area contributed by atoms with Crippen molar-refractivity contribution in [2.24, 2.45) is 0 Å². The predicted molar refractivity (Wildman–Crippen MR) is 116 cm³/mol. The zero-order chi connectivity index (χ0) is 18.1. The van der Waals surface area contributed by atoms with Crippen molar-refractivity contribution in [3.05, 3.63) is 120 Å². The molecule has 128 valence electrons. The summed E-state index contributed by atoms with van der Waals surface area (Å²) in [5.41, 5.74) is 4.79. The first kappa shape index (κ1) is 15.7. The van der Waals surface area contributed by atoms with Crippen LogP contribution in [0, 0.1) is 0 Å². The predicted octanol–water partition coefficient (Wildman–Crippen LogP) is 6.53. The average Bonchev–Trinajstić information content (AvgIpc) is 2.99. The fraction of sp³-hybridized carbons (Fsp3) is 0. The Morgan fingerprint density at radius 2 is 1.11 bits per heavy atom. The SMILES string of the molecule is C1=CNC(c2cccc3ccccc23)=C(c2cccc3ccccc23)C=C1. The van der Waals surface area contributed by atoms with Crippen LogP contribution in [0.1, 0.15) is 11.1 Å². The summed E-state index contributed by atoms with van der Waals surface area (Å²) >= 11 is 0. The largest absolute Gasteiger partial charge is 0.361 e. The first-order valence-electron chi connectivity index (χ1n) is 9.22. The third kappa shape index (κ3) is 2.74. The lowest BCUT2D eigenvalue weighted by Gasteiger charge is -2.16. The van der Waals surface area contributed by atoms with E-state index in [1.165, 1.54) is 38.2 Å². The van der Waals surface area contributed by atoms with Crippen molar-refractivity contribution in [3.8, 4) is 0 Å². The minimum absolute atomic E-state index is 1.13. The third-order valence-corrected chi connectivity index (χ3v) is 5.11. The molecule has 0 spiro atoms. The topological polar surface area (TPSA) is 12.0 Å². The van der Waals surface area contributed by atoms with Gasteiger partial charge in [0.2, 0.25) is 0 Å². The number of allylic oxidation sites excluding steroid dienone is 4. The van der Waals surface area contributed by atoms with Gasteiger partial charge in [0, 0.05) is 17.3 Å². The summed E-state index contributed by atoms with van der Waals surface area (Å²) in [7, 11) is 0. The maximum Gasteiger partial charge on any atom is 0.0539 e. The second-order valence-electron chi connectivity index (χ2n) is 6.70. The summed E-state index contributed by atoms with van der Waals surface area (Å²) in [4.78, 5) is 0. The van der Waals surface area contributed by atoms with Crippen molar-refractivity contribution in [2.45, 2.75) is 0 Å². The Bertz CT molecular complexity index is 1230. The Morgan fingerprint density at radius 1 is 0.519 bits per heavy atom. The molecular formula is C26H19N. The number of fused-ring (bicyclic) bond motifs is 2. The van der Waals surface area contributed by atoms with E-state index in [1.54, 1.807) is 0 Å². The van der Waals surface area contributed by atoms with E-state index in [-0.39, 0.29) is 0 Å². The highest BCUT2D eigenvalue weighted by Crippen LogP contribution is 2.34. The monoisotopic (exact) mass is 345 g/mol. The molecule has 0 unspecified atom stereocenters. The zero-order valence-electron chi connectivity index (χ0n) is 14.9. The molecule has 0 aliphatic carbocycles. The van der Waals surface area contributed by atoms with Crippen LogP contribution in [0.25, 0.3) is 32.8 Å². The molecule has 0 radical (unpaired) electrons. The average molecular weight is 345 g/mol. The van der Waals surface area contributed by atoms with E-state index in [4.69, 9.17) is 0 Å². The second kappa shape index (κ2) is 6.62. The number of hydrogen-bond donors (Lipinski definition) is 1. The lowest BCUT2D eigenvalue weighted by molar-refractivity contribution is 1.23. The van der Waals surface area contributed by atoms with E-state index in [0.29, 0.717) is 0 Å². The fourth-order valence-electron chi connectivity index (χ4n) is 3.85. The van der Waals surface area contributed by atoms with Gasteiger partial charge in [-0.1, -0.05) is 97.1 Å². The Balaban J connectivity index is 1.85. The van der Waals surface area contributed by atoms with Crippen molar-refractivity contribution >= 4 is 32.8 Å². The summed E-state index contributed by atoms with van der Waals surface area (Å²) in [6.07, 6.45) is 8.35. The van der Waals surface area contributed by atoms with Crippen molar-refractivity contribution in [1.82, 2.24) is 5.32 Å². The van der Waals surface area contributed by atoms with Crippen LogP contribution in [-0.4, -0.2) is 0 Å². The lowest BCUT2D eigenvalue weighted by atomic mass is 9.92. The highest BCUT2D eigenvalue weighted by Gasteiger charge is 2.14. The van der Waals surface area contributed by atoms with Gasteiger partial charge in [-0.15, -0.1) is 0 Å². The van der Waals surface area contributed by atoms with Gasteiger partial charge in [-0.2, -0.15) is 0 Å². The van der Waals surface area contributed by atoms with Gasteiger partial charge in [-0.25, -0.2) is 0 Å². The van der Waals surface area contributed by atoms with Crippen LogP contribution >= 0.6 is 0 Å². The van der Waals surface area contributed by atoms with E-state index in [1.807, 2.05) is 12.3 Å². The minimum Gasteiger partial charge on any atom is -0.361 e. The molecule has 1 heterocycles.